The van der Waals surface area contributed by atoms with Crippen LogP contribution in [0.5, 0.6) is 5.75 Å². The Kier molecular flexibility index (Phi) is 2.10. The summed E-state index contributed by atoms with van der Waals surface area (Å²) in [5, 5.41) is 4.38. The fourth-order valence-corrected chi connectivity index (χ4v) is 1.55. The van der Waals surface area contributed by atoms with Crippen molar-refractivity contribution < 1.29 is 4.74 Å². The van der Waals surface area contributed by atoms with Gasteiger partial charge in [0.1, 0.15) is 5.75 Å². The molecule has 0 saturated heterocycles. The molecule has 1 heterocycles. The summed E-state index contributed by atoms with van der Waals surface area (Å²) in [5.74, 6) is 6.06. The normalized spacial score (nSPS) is 18.1. The van der Waals surface area contributed by atoms with E-state index in [-0.39, 0.29) is 0 Å². The molecule has 1 aromatic rings. The third-order valence-electron chi connectivity index (χ3n) is 2.00. The highest BCUT2D eigenvalue weighted by Crippen LogP contribution is 2.27. The van der Waals surface area contributed by atoms with Gasteiger partial charge in [-0.25, -0.2) is 0 Å². The topological polar surface area (TPSA) is 47.6 Å². The van der Waals surface area contributed by atoms with E-state index in [1.807, 2.05) is 12.1 Å². The molecule has 2 N–H and O–H groups in total. The van der Waals surface area contributed by atoms with Gasteiger partial charge in [-0.2, -0.15) is 5.10 Å². The maximum atomic E-state index is 5.85. The largest absolute Gasteiger partial charge is 0.492 e. The lowest BCUT2D eigenvalue weighted by Crippen LogP contribution is -2.17. The predicted molar refractivity (Wildman–Crippen MR) is 52.3 cm³/mol. The monoisotopic (exact) mass is 196 g/mol. The molecule has 13 heavy (non-hydrogen) atoms. The van der Waals surface area contributed by atoms with E-state index in [2.05, 4.69) is 5.10 Å². The number of hydrazone groups is 1. The molecule has 1 aliphatic rings. The van der Waals surface area contributed by atoms with Gasteiger partial charge < -0.3 is 10.6 Å². The molecule has 0 bridgehead atoms. The van der Waals surface area contributed by atoms with Crippen molar-refractivity contribution in [2.45, 2.75) is 6.42 Å². The summed E-state index contributed by atoms with van der Waals surface area (Å²) in [7, 11) is 0. The number of benzene rings is 1. The zero-order valence-corrected chi connectivity index (χ0v) is 7.71. The van der Waals surface area contributed by atoms with Crippen LogP contribution in [0.2, 0.25) is 5.02 Å². The van der Waals surface area contributed by atoms with Crippen LogP contribution in [0.25, 0.3) is 0 Å². The summed E-state index contributed by atoms with van der Waals surface area (Å²) in [4.78, 5) is 0. The lowest BCUT2D eigenvalue weighted by Gasteiger charge is -2.18. The van der Waals surface area contributed by atoms with Crippen molar-refractivity contribution in [2.24, 2.45) is 10.9 Å². The van der Waals surface area contributed by atoms with E-state index in [9.17, 15) is 0 Å². The Hall–Kier alpha value is -1.22. The van der Waals surface area contributed by atoms with Gasteiger partial charge in [-0.05, 0) is 18.2 Å². The fourth-order valence-electron chi connectivity index (χ4n) is 1.38. The highest BCUT2D eigenvalue weighted by molar-refractivity contribution is 6.31. The molecule has 1 aliphatic heterocycles. The van der Waals surface area contributed by atoms with E-state index in [4.69, 9.17) is 22.2 Å². The molecule has 2 rings (SSSR count). The molecule has 4 heteroatoms. The molecule has 3 nitrogen and oxygen atoms in total. The second-order valence-corrected chi connectivity index (χ2v) is 3.25. The average Bonchev–Trinajstić information content (AvgIpc) is 2.17. The van der Waals surface area contributed by atoms with Crippen LogP contribution in [0.15, 0.2) is 23.3 Å². The van der Waals surface area contributed by atoms with E-state index >= 15 is 0 Å². The van der Waals surface area contributed by atoms with Crippen LogP contribution >= 0.6 is 11.6 Å². The van der Waals surface area contributed by atoms with Crippen LogP contribution in [-0.4, -0.2) is 12.3 Å². The van der Waals surface area contributed by atoms with Gasteiger partial charge in [-0.1, -0.05) is 11.6 Å². The molecular weight excluding hydrogens is 188 g/mol. The van der Waals surface area contributed by atoms with E-state index in [1.54, 1.807) is 6.07 Å². The van der Waals surface area contributed by atoms with Gasteiger partial charge in [0.05, 0.1) is 12.3 Å². The van der Waals surface area contributed by atoms with Crippen LogP contribution in [-0.2, 0) is 0 Å². The number of rotatable bonds is 0. The molecule has 0 aromatic heterocycles. The van der Waals surface area contributed by atoms with Gasteiger partial charge in [0, 0.05) is 17.0 Å². The summed E-state index contributed by atoms with van der Waals surface area (Å²) >= 11 is 5.85. The van der Waals surface area contributed by atoms with E-state index < -0.39 is 0 Å². The summed E-state index contributed by atoms with van der Waals surface area (Å²) < 4.78 is 5.42. The van der Waals surface area contributed by atoms with E-state index in [0.717, 1.165) is 23.4 Å². The third-order valence-corrected chi connectivity index (χ3v) is 2.24. The lowest BCUT2D eigenvalue weighted by molar-refractivity contribution is 0.320. The first kappa shape index (κ1) is 8.38. The standard InChI is InChI=1S/C9H9ClN2O/c10-6-1-2-9-7(5-6)8(12-11)3-4-13-9/h1-2,5H,3-4,11H2. The lowest BCUT2D eigenvalue weighted by atomic mass is 10.0. The molecule has 0 atom stereocenters. The number of nitrogens with two attached hydrogens (primary N) is 1. The summed E-state index contributed by atoms with van der Waals surface area (Å²) in [6.07, 6.45) is 0.740. The van der Waals surface area contributed by atoms with Crippen molar-refractivity contribution >= 4 is 17.3 Å². The molecule has 0 saturated carbocycles. The predicted octanol–water partition coefficient (Wildman–Crippen LogP) is 1.79. The van der Waals surface area contributed by atoms with Gasteiger partial charge in [0.25, 0.3) is 0 Å². The van der Waals surface area contributed by atoms with Crippen molar-refractivity contribution in [1.82, 2.24) is 0 Å². The maximum Gasteiger partial charge on any atom is 0.128 e. The number of fused-ring (bicyclic) bond motifs is 1. The SMILES string of the molecule is NN=C1CCOc2ccc(Cl)cc21. The second-order valence-electron chi connectivity index (χ2n) is 2.81. The number of halogens is 1. The minimum atomic E-state index is 0.630. The zero-order valence-electron chi connectivity index (χ0n) is 6.96. The van der Waals surface area contributed by atoms with Crippen molar-refractivity contribution in [3.8, 4) is 5.75 Å². The first-order valence-corrected chi connectivity index (χ1v) is 4.38. The van der Waals surface area contributed by atoms with Crippen molar-refractivity contribution in [2.75, 3.05) is 6.61 Å². The van der Waals surface area contributed by atoms with Gasteiger partial charge in [-0.15, -0.1) is 0 Å². The first-order chi connectivity index (χ1) is 6.31. The fraction of sp³-hybridized carbons (Fsp3) is 0.222. The quantitative estimate of drug-likeness (QED) is 0.508. The summed E-state index contributed by atoms with van der Waals surface area (Å²) in [6, 6.07) is 5.45. The Bertz CT molecular complexity index is 363. The van der Waals surface area contributed by atoms with Crippen LogP contribution in [0.3, 0.4) is 0 Å². The van der Waals surface area contributed by atoms with Crippen molar-refractivity contribution in [1.29, 1.82) is 0 Å². The van der Waals surface area contributed by atoms with Gasteiger partial charge >= 0.3 is 0 Å². The Morgan fingerprint density at radius 1 is 1.46 bits per heavy atom. The van der Waals surface area contributed by atoms with Crippen LogP contribution < -0.4 is 10.6 Å². The molecule has 0 radical (unpaired) electrons. The number of hydrogen-bond donors (Lipinski definition) is 1. The van der Waals surface area contributed by atoms with Gasteiger partial charge in [-0.3, -0.25) is 0 Å². The zero-order chi connectivity index (χ0) is 9.26. The number of hydrogen-bond acceptors (Lipinski definition) is 3. The highest BCUT2D eigenvalue weighted by Gasteiger charge is 2.16. The van der Waals surface area contributed by atoms with Gasteiger partial charge in [0.15, 0.2) is 0 Å². The van der Waals surface area contributed by atoms with Crippen molar-refractivity contribution in [3.05, 3.63) is 28.8 Å². The molecule has 68 valence electrons. The molecule has 0 spiro atoms. The van der Waals surface area contributed by atoms with Gasteiger partial charge in [0.2, 0.25) is 0 Å². The molecule has 0 fully saturated rings. The first-order valence-electron chi connectivity index (χ1n) is 4.01. The van der Waals surface area contributed by atoms with Crippen LogP contribution in [0.4, 0.5) is 0 Å². The average molecular weight is 197 g/mol. The Labute approximate surface area is 81.1 Å². The molecular formula is C9H9ClN2O. The second kappa shape index (κ2) is 3.26. The summed E-state index contributed by atoms with van der Waals surface area (Å²) in [5.41, 5.74) is 1.75. The Morgan fingerprint density at radius 2 is 2.31 bits per heavy atom. The number of ether oxygens (including phenoxy) is 1. The summed E-state index contributed by atoms with van der Waals surface area (Å²) in [6.45, 7) is 0.630. The van der Waals surface area contributed by atoms with Crippen LogP contribution in [0.1, 0.15) is 12.0 Å². The molecule has 0 aliphatic carbocycles. The molecule has 1 aromatic carbocycles. The Morgan fingerprint density at radius 3 is 3.08 bits per heavy atom. The maximum absolute atomic E-state index is 5.85. The minimum Gasteiger partial charge on any atom is -0.492 e. The molecule has 0 amide bonds. The molecule has 0 unspecified atom stereocenters. The Balaban J connectivity index is 2.54. The smallest absolute Gasteiger partial charge is 0.128 e. The van der Waals surface area contributed by atoms with Crippen LogP contribution in [0, 0.1) is 0 Å². The van der Waals surface area contributed by atoms with Crippen molar-refractivity contribution in [3.63, 3.8) is 0 Å². The highest BCUT2D eigenvalue weighted by atomic mass is 35.5. The van der Waals surface area contributed by atoms with E-state index in [0.29, 0.717) is 11.6 Å². The van der Waals surface area contributed by atoms with E-state index in [1.165, 1.54) is 0 Å². The third kappa shape index (κ3) is 1.47. The number of nitrogens with zero attached hydrogens (tertiary/aromatic N) is 1. The minimum absolute atomic E-state index is 0.630.